The lowest BCUT2D eigenvalue weighted by Gasteiger charge is -2.34. The highest BCUT2D eigenvalue weighted by atomic mass is 32.2. The molecule has 1 saturated carbocycles. The summed E-state index contributed by atoms with van der Waals surface area (Å²) in [5.41, 5.74) is 0.434. The minimum Gasteiger partial charge on any atom is -0.348 e. The van der Waals surface area contributed by atoms with Crippen molar-refractivity contribution in [2.75, 3.05) is 52.6 Å². The summed E-state index contributed by atoms with van der Waals surface area (Å²) in [6.45, 7) is 2.97. The molecule has 0 radical (unpaired) electrons. The van der Waals surface area contributed by atoms with Crippen LogP contribution in [-0.4, -0.2) is 93.9 Å². The van der Waals surface area contributed by atoms with Gasteiger partial charge in [-0.1, -0.05) is 23.9 Å². The number of carbonyl (C=O) groups excluding carboxylic acids is 2. The Kier molecular flexibility index (Phi) is 6.57. The molecule has 2 amide bonds. The van der Waals surface area contributed by atoms with Crippen LogP contribution in [0.3, 0.4) is 0 Å². The Morgan fingerprint density at radius 1 is 1.13 bits per heavy atom. The number of nitrogens with zero attached hydrogens (tertiary/aromatic N) is 6. The van der Waals surface area contributed by atoms with Crippen LogP contribution in [0.4, 0.5) is 4.39 Å². The highest BCUT2D eigenvalue weighted by Crippen LogP contribution is 2.41. The van der Waals surface area contributed by atoms with Gasteiger partial charge >= 0.3 is 0 Å². The molecule has 166 valence electrons. The van der Waals surface area contributed by atoms with E-state index in [-0.39, 0.29) is 29.4 Å². The Morgan fingerprint density at radius 2 is 1.84 bits per heavy atom. The lowest BCUT2D eigenvalue weighted by Crippen LogP contribution is -2.51. The van der Waals surface area contributed by atoms with Gasteiger partial charge in [0.25, 0.3) is 0 Å². The first-order valence-corrected chi connectivity index (χ1v) is 11.5. The van der Waals surface area contributed by atoms with Crippen molar-refractivity contribution in [1.82, 2.24) is 29.5 Å². The van der Waals surface area contributed by atoms with E-state index in [0.717, 1.165) is 12.8 Å². The fraction of sp³-hybridized carbons (Fsp3) is 0.524. The maximum atomic E-state index is 14.3. The largest absolute Gasteiger partial charge is 0.348 e. The molecule has 2 fully saturated rings. The molecule has 1 saturated heterocycles. The maximum absolute atomic E-state index is 14.3. The monoisotopic (exact) mass is 446 g/mol. The molecule has 1 aromatic carbocycles. The normalized spacial score (nSPS) is 17.1. The fourth-order valence-electron chi connectivity index (χ4n) is 3.57. The molecule has 0 bridgehead atoms. The minimum atomic E-state index is -0.324. The molecule has 10 heteroatoms. The van der Waals surface area contributed by atoms with Crippen molar-refractivity contribution < 1.29 is 14.0 Å². The number of amides is 2. The Labute approximate surface area is 185 Å². The first kappa shape index (κ1) is 21.8. The molecule has 1 aliphatic carbocycles. The summed E-state index contributed by atoms with van der Waals surface area (Å²) < 4.78 is 16.3. The first-order valence-electron chi connectivity index (χ1n) is 10.5. The molecule has 2 aromatic rings. The standard InChI is InChI=1S/C21H27FN6O2S/c1-25(2)18(29)13-26-9-11-27(12-10-26)19(30)14-31-21-24-23-20(28(21)15-7-8-15)16-5-3-4-6-17(16)22/h3-6,15H,7-14H2,1-2H3. The van der Waals surface area contributed by atoms with Crippen LogP contribution in [-0.2, 0) is 9.59 Å². The van der Waals surface area contributed by atoms with Gasteiger partial charge in [0.1, 0.15) is 5.82 Å². The summed E-state index contributed by atoms with van der Waals surface area (Å²) in [7, 11) is 3.49. The van der Waals surface area contributed by atoms with Crippen LogP contribution < -0.4 is 0 Å². The van der Waals surface area contributed by atoms with Gasteiger partial charge in [-0.15, -0.1) is 10.2 Å². The molecule has 31 heavy (non-hydrogen) atoms. The van der Waals surface area contributed by atoms with E-state index in [1.807, 2.05) is 9.47 Å². The number of carbonyl (C=O) groups is 2. The van der Waals surface area contributed by atoms with Gasteiger partial charge in [-0.05, 0) is 25.0 Å². The van der Waals surface area contributed by atoms with Gasteiger partial charge in [0.05, 0.1) is 17.9 Å². The van der Waals surface area contributed by atoms with Crippen molar-refractivity contribution >= 4 is 23.6 Å². The third-order valence-corrected chi connectivity index (χ3v) is 6.53. The lowest BCUT2D eigenvalue weighted by atomic mass is 10.2. The van der Waals surface area contributed by atoms with Crippen LogP contribution in [0.25, 0.3) is 11.4 Å². The topological polar surface area (TPSA) is 74.6 Å². The average Bonchev–Trinajstić information content (AvgIpc) is 3.52. The maximum Gasteiger partial charge on any atom is 0.236 e. The zero-order valence-electron chi connectivity index (χ0n) is 17.8. The van der Waals surface area contributed by atoms with Gasteiger partial charge < -0.3 is 9.80 Å². The molecule has 8 nitrogen and oxygen atoms in total. The molecule has 2 aliphatic rings. The van der Waals surface area contributed by atoms with Crippen molar-refractivity contribution in [1.29, 1.82) is 0 Å². The number of hydrogen-bond donors (Lipinski definition) is 0. The van der Waals surface area contributed by atoms with E-state index in [1.165, 1.54) is 17.8 Å². The van der Waals surface area contributed by atoms with Gasteiger partial charge in [-0.3, -0.25) is 19.1 Å². The molecule has 0 spiro atoms. The molecule has 4 rings (SSSR count). The van der Waals surface area contributed by atoms with Gasteiger partial charge in [0, 0.05) is 46.3 Å². The first-order chi connectivity index (χ1) is 14.9. The Bertz CT molecular complexity index is 953. The summed E-state index contributed by atoms with van der Waals surface area (Å²) in [6.07, 6.45) is 2.02. The number of likely N-dealkylation sites (N-methyl/N-ethyl adjacent to an activating group) is 1. The van der Waals surface area contributed by atoms with Crippen LogP contribution >= 0.6 is 11.8 Å². The molecule has 0 N–H and O–H groups in total. The number of halogens is 1. The second-order valence-corrected chi connectivity index (χ2v) is 9.06. The van der Waals surface area contributed by atoms with E-state index in [9.17, 15) is 14.0 Å². The van der Waals surface area contributed by atoms with Crippen molar-refractivity contribution in [3.63, 3.8) is 0 Å². The number of thioether (sulfide) groups is 1. The van der Waals surface area contributed by atoms with Crippen molar-refractivity contribution in [3.05, 3.63) is 30.1 Å². The van der Waals surface area contributed by atoms with E-state index in [1.54, 1.807) is 37.2 Å². The van der Waals surface area contributed by atoms with Gasteiger partial charge in [-0.2, -0.15) is 0 Å². The Hall–Kier alpha value is -2.46. The van der Waals surface area contributed by atoms with E-state index in [0.29, 0.717) is 49.3 Å². The highest BCUT2D eigenvalue weighted by Gasteiger charge is 2.31. The van der Waals surface area contributed by atoms with Gasteiger partial charge in [-0.25, -0.2) is 4.39 Å². The second-order valence-electron chi connectivity index (χ2n) is 8.12. The van der Waals surface area contributed by atoms with Crippen LogP contribution in [0.2, 0.25) is 0 Å². The number of hydrogen-bond acceptors (Lipinski definition) is 6. The lowest BCUT2D eigenvalue weighted by molar-refractivity contribution is -0.132. The van der Waals surface area contributed by atoms with E-state index >= 15 is 0 Å². The van der Waals surface area contributed by atoms with Crippen LogP contribution in [0.15, 0.2) is 29.4 Å². The van der Waals surface area contributed by atoms with Gasteiger partial charge in [0.2, 0.25) is 11.8 Å². The third kappa shape index (κ3) is 5.07. The zero-order chi connectivity index (χ0) is 22.0. The van der Waals surface area contributed by atoms with E-state index in [2.05, 4.69) is 15.1 Å². The van der Waals surface area contributed by atoms with E-state index < -0.39 is 0 Å². The SMILES string of the molecule is CN(C)C(=O)CN1CCN(C(=O)CSc2nnc(-c3ccccc3F)n2C2CC2)CC1. The Morgan fingerprint density at radius 3 is 2.48 bits per heavy atom. The predicted molar refractivity (Wildman–Crippen MR) is 116 cm³/mol. The second kappa shape index (κ2) is 9.35. The van der Waals surface area contributed by atoms with Crippen molar-refractivity contribution in [3.8, 4) is 11.4 Å². The summed E-state index contributed by atoms with van der Waals surface area (Å²) in [5, 5.41) is 9.15. The highest BCUT2D eigenvalue weighted by molar-refractivity contribution is 7.99. The molecule has 1 aromatic heterocycles. The van der Waals surface area contributed by atoms with Crippen LogP contribution in [0.5, 0.6) is 0 Å². The predicted octanol–water partition coefficient (Wildman–Crippen LogP) is 1.74. The van der Waals surface area contributed by atoms with E-state index in [4.69, 9.17) is 0 Å². The zero-order valence-corrected chi connectivity index (χ0v) is 18.6. The Balaban J connectivity index is 1.35. The molecular formula is C21H27FN6O2S. The molecule has 2 heterocycles. The van der Waals surface area contributed by atoms with Crippen LogP contribution in [0.1, 0.15) is 18.9 Å². The van der Waals surface area contributed by atoms with Gasteiger partial charge in [0.15, 0.2) is 11.0 Å². The molecule has 0 unspecified atom stereocenters. The fourth-order valence-corrected chi connectivity index (χ4v) is 4.48. The van der Waals surface area contributed by atoms with Crippen LogP contribution in [0, 0.1) is 5.82 Å². The minimum absolute atomic E-state index is 0.0429. The van der Waals surface area contributed by atoms with Crippen molar-refractivity contribution in [2.24, 2.45) is 0 Å². The summed E-state index contributed by atoms with van der Waals surface area (Å²) >= 11 is 1.36. The molecular weight excluding hydrogens is 419 g/mol. The number of aromatic nitrogens is 3. The molecule has 0 atom stereocenters. The summed E-state index contributed by atoms with van der Waals surface area (Å²) in [6, 6.07) is 6.83. The quantitative estimate of drug-likeness (QED) is 0.604. The summed E-state index contributed by atoms with van der Waals surface area (Å²) in [4.78, 5) is 30.1. The summed E-state index contributed by atoms with van der Waals surface area (Å²) in [5.74, 6) is 0.574. The number of rotatable bonds is 7. The molecule has 1 aliphatic heterocycles. The average molecular weight is 447 g/mol. The number of piperazine rings is 1. The van der Waals surface area contributed by atoms with Crippen molar-refractivity contribution in [2.45, 2.75) is 24.0 Å². The number of benzene rings is 1. The smallest absolute Gasteiger partial charge is 0.236 e. The third-order valence-electron chi connectivity index (χ3n) is 5.60.